The van der Waals surface area contributed by atoms with Gasteiger partial charge in [0.25, 0.3) is 0 Å². The minimum absolute atomic E-state index is 0.000142. The van der Waals surface area contributed by atoms with Crippen LogP contribution >= 0.6 is 0 Å². The van der Waals surface area contributed by atoms with Gasteiger partial charge in [-0.2, -0.15) is 0 Å². The predicted octanol–water partition coefficient (Wildman–Crippen LogP) is 3.68. The number of hydrogen-bond acceptors (Lipinski definition) is 7. The molecule has 2 aromatic carbocycles. The zero-order valence-electron chi connectivity index (χ0n) is 21.8. The summed E-state index contributed by atoms with van der Waals surface area (Å²) in [6.45, 7) is 4.14. The number of benzene rings is 2. The Kier molecular flexibility index (Phi) is 8.77. The zero-order chi connectivity index (χ0) is 26.4. The lowest BCUT2D eigenvalue weighted by molar-refractivity contribution is -0.157. The Balaban J connectivity index is 1.65. The van der Waals surface area contributed by atoms with Crippen LogP contribution in [0.3, 0.4) is 0 Å². The van der Waals surface area contributed by atoms with Crippen LogP contribution in [-0.2, 0) is 36.9 Å². The van der Waals surface area contributed by atoms with E-state index in [0.29, 0.717) is 19.3 Å². The maximum absolute atomic E-state index is 13.7. The standard InChI is InChI=1S/C30H38N2O5/c1-3-36-28(34)24(17-22-11-6-4-7-12-22)19-32-26(29(35)37-20-23-13-8-5-9-14-23)18-25-15-10-16-30(25,32)27(33)21(2)31/h4-9,11-14,21,24-26H,3,10,15-20,31H2,1-2H3/t21?,24-,25-,26-,30-/m0/s1. The van der Waals surface area contributed by atoms with Crippen molar-refractivity contribution in [2.45, 2.75) is 70.2 Å². The van der Waals surface area contributed by atoms with Gasteiger partial charge in [0.05, 0.1) is 24.1 Å². The molecule has 1 unspecified atom stereocenters. The Bertz CT molecular complexity index is 1070. The molecule has 7 heteroatoms. The van der Waals surface area contributed by atoms with E-state index in [9.17, 15) is 14.4 Å². The second kappa shape index (κ2) is 12.0. The quantitative estimate of drug-likeness (QED) is 0.464. The molecule has 2 aromatic rings. The Labute approximate surface area is 219 Å². The number of carbonyl (C=O) groups excluding carboxylic acids is 3. The van der Waals surface area contributed by atoms with E-state index in [4.69, 9.17) is 15.2 Å². The van der Waals surface area contributed by atoms with Crippen molar-refractivity contribution < 1.29 is 23.9 Å². The van der Waals surface area contributed by atoms with Gasteiger partial charge in [0.15, 0.2) is 5.78 Å². The maximum Gasteiger partial charge on any atom is 0.323 e. The summed E-state index contributed by atoms with van der Waals surface area (Å²) in [5.41, 5.74) is 7.19. The number of carbonyl (C=O) groups is 3. The summed E-state index contributed by atoms with van der Waals surface area (Å²) in [4.78, 5) is 42.3. The Morgan fingerprint density at radius 2 is 1.68 bits per heavy atom. The number of rotatable bonds is 11. The molecule has 1 saturated carbocycles. The molecule has 7 nitrogen and oxygen atoms in total. The van der Waals surface area contributed by atoms with Crippen LogP contribution in [-0.4, -0.2) is 53.4 Å². The third-order valence-corrected chi connectivity index (χ3v) is 7.88. The fourth-order valence-electron chi connectivity index (χ4n) is 6.24. The number of likely N-dealkylation sites (tertiary alicyclic amines) is 1. The number of ketones is 1. The topological polar surface area (TPSA) is 98.9 Å². The molecule has 37 heavy (non-hydrogen) atoms. The van der Waals surface area contributed by atoms with Crippen molar-refractivity contribution in [3.05, 3.63) is 71.8 Å². The second-order valence-electron chi connectivity index (χ2n) is 10.3. The minimum atomic E-state index is -0.869. The minimum Gasteiger partial charge on any atom is -0.466 e. The molecule has 2 aliphatic rings. The lowest BCUT2D eigenvalue weighted by Crippen LogP contribution is -2.61. The van der Waals surface area contributed by atoms with Crippen molar-refractivity contribution >= 4 is 17.7 Å². The molecule has 0 bridgehead atoms. The van der Waals surface area contributed by atoms with Gasteiger partial charge in [-0.25, -0.2) is 0 Å². The van der Waals surface area contributed by atoms with Crippen LogP contribution < -0.4 is 5.73 Å². The molecule has 2 fully saturated rings. The first-order valence-electron chi connectivity index (χ1n) is 13.3. The molecule has 0 radical (unpaired) electrons. The first-order valence-corrected chi connectivity index (χ1v) is 13.3. The third kappa shape index (κ3) is 5.78. The molecule has 1 saturated heterocycles. The number of hydrogen-bond donors (Lipinski definition) is 1. The Hall–Kier alpha value is -3.03. The summed E-state index contributed by atoms with van der Waals surface area (Å²) in [6, 6.07) is 18.0. The van der Waals surface area contributed by atoms with E-state index in [1.807, 2.05) is 65.6 Å². The highest BCUT2D eigenvalue weighted by atomic mass is 16.5. The largest absolute Gasteiger partial charge is 0.466 e. The molecule has 1 heterocycles. The van der Waals surface area contributed by atoms with Crippen molar-refractivity contribution in [3.8, 4) is 0 Å². The second-order valence-corrected chi connectivity index (χ2v) is 10.3. The van der Waals surface area contributed by atoms with Crippen LogP contribution in [0.4, 0.5) is 0 Å². The fourth-order valence-corrected chi connectivity index (χ4v) is 6.24. The third-order valence-electron chi connectivity index (χ3n) is 7.88. The van der Waals surface area contributed by atoms with E-state index >= 15 is 0 Å². The van der Waals surface area contributed by atoms with E-state index in [0.717, 1.165) is 24.0 Å². The van der Waals surface area contributed by atoms with Gasteiger partial charge in [-0.15, -0.1) is 0 Å². The van der Waals surface area contributed by atoms with Crippen LogP contribution in [0.2, 0.25) is 0 Å². The average molecular weight is 507 g/mol. The van der Waals surface area contributed by atoms with E-state index in [1.165, 1.54) is 0 Å². The van der Waals surface area contributed by atoms with Gasteiger partial charge in [-0.1, -0.05) is 67.1 Å². The van der Waals surface area contributed by atoms with Crippen molar-refractivity contribution in [2.24, 2.45) is 17.6 Å². The zero-order valence-corrected chi connectivity index (χ0v) is 21.8. The lowest BCUT2D eigenvalue weighted by atomic mass is 9.80. The number of nitrogens with two attached hydrogens (primary N) is 1. The van der Waals surface area contributed by atoms with E-state index in [-0.39, 0.29) is 43.4 Å². The van der Waals surface area contributed by atoms with Gasteiger partial charge in [0, 0.05) is 6.54 Å². The van der Waals surface area contributed by atoms with Crippen LogP contribution in [0.1, 0.15) is 50.7 Å². The van der Waals surface area contributed by atoms with Crippen molar-refractivity contribution in [2.75, 3.05) is 13.2 Å². The normalized spacial score (nSPS) is 24.7. The highest BCUT2D eigenvalue weighted by Gasteiger charge is 2.62. The van der Waals surface area contributed by atoms with Crippen LogP contribution in [0.25, 0.3) is 0 Å². The van der Waals surface area contributed by atoms with Gasteiger partial charge in [-0.05, 0) is 56.6 Å². The molecule has 0 spiro atoms. The Morgan fingerprint density at radius 1 is 1.03 bits per heavy atom. The van der Waals surface area contributed by atoms with E-state index < -0.39 is 23.5 Å². The molecule has 0 amide bonds. The number of fused-ring (bicyclic) bond motifs is 1. The number of ether oxygens (including phenoxy) is 2. The van der Waals surface area contributed by atoms with Gasteiger partial charge >= 0.3 is 11.9 Å². The number of Topliss-reactive ketones (excluding diaryl/α,β-unsaturated/α-hetero) is 1. The van der Waals surface area contributed by atoms with Gasteiger partial charge < -0.3 is 15.2 Å². The van der Waals surface area contributed by atoms with Crippen molar-refractivity contribution in [1.82, 2.24) is 4.90 Å². The maximum atomic E-state index is 13.7. The van der Waals surface area contributed by atoms with Crippen LogP contribution in [0.5, 0.6) is 0 Å². The number of nitrogens with zero attached hydrogens (tertiary/aromatic N) is 1. The van der Waals surface area contributed by atoms with Crippen molar-refractivity contribution in [3.63, 3.8) is 0 Å². The summed E-state index contributed by atoms with van der Waals surface area (Å²) < 4.78 is 11.2. The molecule has 1 aliphatic heterocycles. The summed E-state index contributed by atoms with van der Waals surface area (Å²) in [5, 5.41) is 0. The fraction of sp³-hybridized carbons (Fsp3) is 0.500. The van der Waals surface area contributed by atoms with Crippen molar-refractivity contribution in [1.29, 1.82) is 0 Å². The van der Waals surface area contributed by atoms with Gasteiger partial charge in [0.2, 0.25) is 0 Å². The summed E-state index contributed by atoms with van der Waals surface area (Å²) in [5.74, 6) is -1.29. The molecule has 4 rings (SSSR count). The van der Waals surface area contributed by atoms with Gasteiger partial charge in [-0.3, -0.25) is 19.3 Å². The van der Waals surface area contributed by atoms with Gasteiger partial charge in [0.1, 0.15) is 12.6 Å². The molecule has 0 aromatic heterocycles. The molecule has 2 N–H and O–H groups in total. The molecule has 5 atom stereocenters. The van der Waals surface area contributed by atoms with Crippen LogP contribution in [0, 0.1) is 11.8 Å². The monoisotopic (exact) mass is 506 g/mol. The highest BCUT2D eigenvalue weighted by molar-refractivity contribution is 5.95. The van der Waals surface area contributed by atoms with E-state index in [2.05, 4.69) is 0 Å². The molecular formula is C30H38N2O5. The average Bonchev–Trinajstić information content (AvgIpc) is 3.45. The first kappa shape index (κ1) is 27.0. The SMILES string of the molecule is CCOC(=O)[C@@H](Cc1ccccc1)CN1[C@H](C(=O)OCc2ccccc2)C[C@@H]2CCC[C@@]21C(=O)C(C)N. The highest BCUT2D eigenvalue weighted by Crippen LogP contribution is 2.51. The Morgan fingerprint density at radius 3 is 2.30 bits per heavy atom. The smallest absolute Gasteiger partial charge is 0.323 e. The summed E-state index contributed by atoms with van der Waals surface area (Å²) >= 11 is 0. The van der Waals surface area contributed by atoms with E-state index in [1.54, 1.807) is 13.8 Å². The van der Waals surface area contributed by atoms with Crippen LogP contribution in [0.15, 0.2) is 60.7 Å². The number of esters is 2. The molecule has 198 valence electrons. The summed E-state index contributed by atoms with van der Waals surface area (Å²) in [7, 11) is 0. The summed E-state index contributed by atoms with van der Waals surface area (Å²) in [6.07, 6.45) is 3.33. The molecular weight excluding hydrogens is 468 g/mol. The first-order chi connectivity index (χ1) is 17.9. The molecule has 1 aliphatic carbocycles. The lowest BCUT2D eigenvalue weighted by Gasteiger charge is -2.41. The predicted molar refractivity (Wildman–Crippen MR) is 140 cm³/mol.